The summed E-state index contributed by atoms with van der Waals surface area (Å²) in [4.78, 5) is 13.5. The highest BCUT2D eigenvalue weighted by atomic mass is 32.1. The van der Waals surface area contributed by atoms with Gasteiger partial charge in [0.25, 0.3) is 0 Å². The summed E-state index contributed by atoms with van der Waals surface area (Å²) in [6, 6.07) is 6.28. The first-order chi connectivity index (χ1) is 11.7. The summed E-state index contributed by atoms with van der Waals surface area (Å²) in [5, 5.41) is 15.2. The molecule has 1 amide bonds. The number of nitriles is 1. The van der Waals surface area contributed by atoms with Crippen LogP contribution >= 0.6 is 11.3 Å². The van der Waals surface area contributed by atoms with E-state index in [1.165, 1.54) is 11.3 Å². The van der Waals surface area contributed by atoms with Crippen LogP contribution < -0.4 is 10.6 Å². The summed E-state index contributed by atoms with van der Waals surface area (Å²) in [6.45, 7) is 2.73. The molecule has 0 spiro atoms. The van der Waals surface area contributed by atoms with Crippen LogP contribution in [0.5, 0.6) is 0 Å². The van der Waals surface area contributed by atoms with Gasteiger partial charge in [-0.2, -0.15) is 5.26 Å². The van der Waals surface area contributed by atoms with Gasteiger partial charge in [-0.15, -0.1) is 11.3 Å². The fourth-order valence-corrected chi connectivity index (χ4v) is 4.35. The van der Waals surface area contributed by atoms with Gasteiger partial charge in [0.2, 0.25) is 5.91 Å². The highest BCUT2D eigenvalue weighted by Gasteiger charge is 2.22. The van der Waals surface area contributed by atoms with Crippen molar-refractivity contribution in [1.82, 2.24) is 0 Å². The molecule has 0 radical (unpaired) electrons. The summed E-state index contributed by atoms with van der Waals surface area (Å²) < 4.78 is 5.36. The van der Waals surface area contributed by atoms with Crippen molar-refractivity contribution >= 4 is 22.2 Å². The number of nitrogens with zero attached hydrogens (tertiary/aromatic N) is 1. The van der Waals surface area contributed by atoms with Crippen LogP contribution in [0.2, 0.25) is 0 Å². The number of hydrogen-bond donors (Lipinski definition) is 2. The lowest BCUT2D eigenvalue weighted by Gasteiger charge is -2.09. The third-order valence-corrected chi connectivity index (χ3v) is 5.63. The number of anilines is 1. The Balaban J connectivity index is 1.54. The average Bonchev–Trinajstić information content (AvgIpc) is 3.22. The molecule has 6 heteroatoms. The number of hydrogen-bond acceptors (Lipinski definition) is 4. The maximum atomic E-state index is 12.2. The number of aryl methyl sites for hydroxylation is 1. The van der Waals surface area contributed by atoms with Crippen LogP contribution in [0.15, 0.2) is 22.8 Å². The molecule has 0 bridgehead atoms. The molecule has 0 aromatic carbocycles. The SMILES string of the molecule is C[C@H]([NH2+]CCC(=O)Nc1sc2c(c1C#N)CCCC2)c1ccco1. The normalized spacial score (nSPS) is 14.7. The van der Waals surface area contributed by atoms with Crippen molar-refractivity contribution in [3.05, 3.63) is 40.2 Å². The Morgan fingerprint density at radius 3 is 3.08 bits per heavy atom. The second-order valence-electron chi connectivity index (χ2n) is 6.15. The number of thiophene rings is 1. The minimum Gasteiger partial charge on any atom is -0.463 e. The van der Waals surface area contributed by atoms with Crippen molar-refractivity contribution < 1.29 is 14.5 Å². The monoisotopic (exact) mass is 344 g/mol. The number of nitrogens with two attached hydrogens (primary N) is 1. The first-order valence-electron chi connectivity index (χ1n) is 8.40. The summed E-state index contributed by atoms with van der Waals surface area (Å²) in [5.74, 6) is 0.876. The molecule has 5 nitrogen and oxygen atoms in total. The minimum atomic E-state index is -0.0343. The Morgan fingerprint density at radius 1 is 1.50 bits per heavy atom. The van der Waals surface area contributed by atoms with Gasteiger partial charge in [-0.25, -0.2) is 0 Å². The molecule has 0 fully saturated rings. The van der Waals surface area contributed by atoms with Crippen molar-refractivity contribution in [3.8, 4) is 6.07 Å². The average molecular weight is 344 g/mol. The molecule has 2 heterocycles. The van der Waals surface area contributed by atoms with Crippen molar-refractivity contribution in [1.29, 1.82) is 5.26 Å². The number of furan rings is 1. The van der Waals surface area contributed by atoms with Gasteiger partial charge < -0.3 is 15.1 Å². The van der Waals surface area contributed by atoms with E-state index < -0.39 is 0 Å². The van der Waals surface area contributed by atoms with E-state index in [9.17, 15) is 10.1 Å². The van der Waals surface area contributed by atoms with Crippen LogP contribution in [0, 0.1) is 11.3 Å². The van der Waals surface area contributed by atoms with Crippen molar-refractivity contribution in [3.63, 3.8) is 0 Å². The molecule has 2 aromatic rings. The molecule has 2 aromatic heterocycles. The second kappa shape index (κ2) is 7.65. The summed E-state index contributed by atoms with van der Waals surface area (Å²) in [6.07, 6.45) is 6.36. The van der Waals surface area contributed by atoms with E-state index in [0.717, 1.165) is 35.6 Å². The molecule has 3 rings (SSSR count). The summed E-state index contributed by atoms with van der Waals surface area (Å²) in [5.41, 5.74) is 1.83. The number of amides is 1. The summed E-state index contributed by atoms with van der Waals surface area (Å²) >= 11 is 1.57. The smallest absolute Gasteiger partial charge is 0.230 e. The van der Waals surface area contributed by atoms with Gasteiger partial charge in [0.05, 0.1) is 24.8 Å². The third kappa shape index (κ3) is 3.69. The van der Waals surface area contributed by atoms with Crippen molar-refractivity contribution in [2.24, 2.45) is 0 Å². The molecule has 0 unspecified atom stereocenters. The molecule has 1 atom stereocenters. The van der Waals surface area contributed by atoms with Gasteiger partial charge in [-0.3, -0.25) is 4.79 Å². The molecular weight excluding hydrogens is 322 g/mol. The molecule has 126 valence electrons. The van der Waals surface area contributed by atoms with Crippen LogP contribution in [0.25, 0.3) is 0 Å². The van der Waals surface area contributed by atoms with Gasteiger partial charge in [-0.1, -0.05) is 0 Å². The molecule has 0 saturated carbocycles. The molecule has 1 aliphatic rings. The number of nitrogens with one attached hydrogen (secondary N) is 1. The highest BCUT2D eigenvalue weighted by Crippen LogP contribution is 2.37. The predicted octanol–water partition coefficient (Wildman–Crippen LogP) is 2.74. The standard InChI is InChI=1S/C18H21N3O2S/c1-12(15-6-4-10-23-15)20-9-8-17(22)21-18-14(11-19)13-5-2-3-7-16(13)24-18/h4,6,10,12,20H,2-3,5,7-9H2,1H3,(H,21,22)/p+1/t12-/m0/s1. The number of fused-ring (bicyclic) bond motifs is 1. The lowest BCUT2D eigenvalue weighted by molar-refractivity contribution is -0.693. The predicted molar refractivity (Wildman–Crippen MR) is 92.8 cm³/mol. The molecule has 3 N–H and O–H groups in total. The zero-order chi connectivity index (χ0) is 16.9. The van der Waals surface area contributed by atoms with E-state index in [2.05, 4.69) is 23.6 Å². The van der Waals surface area contributed by atoms with Gasteiger partial charge in [0.15, 0.2) is 5.76 Å². The Bertz CT molecular complexity index is 743. The fourth-order valence-electron chi connectivity index (χ4n) is 3.09. The first kappa shape index (κ1) is 16.7. The largest absolute Gasteiger partial charge is 0.463 e. The lowest BCUT2D eigenvalue weighted by atomic mass is 9.96. The Hall–Kier alpha value is -2.10. The fraction of sp³-hybridized carbons (Fsp3) is 0.444. The Kier molecular flexibility index (Phi) is 5.34. The second-order valence-corrected chi connectivity index (χ2v) is 7.26. The zero-order valence-corrected chi connectivity index (χ0v) is 14.6. The first-order valence-corrected chi connectivity index (χ1v) is 9.22. The van der Waals surface area contributed by atoms with Crippen molar-refractivity contribution in [2.45, 2.75) is 45.1 Å². The van der Waals surface area contributed by atoms with Crippen LogP contribution in [-0.2, 0) is 17.6 Å². The van der Waals surface area contributed by atoms with Gasteiger partial charge in [0, 0.05) is 4.88 Å². The third-order valence-electron chi connectivity index (χ3n) is 4.42. The number of quaternary nitrogens is 1. The number of carbonyl (C=O) groups excluding carboxylic acids is 1. The minimum absolute atomic E-state index is 0.0343. The van der Waals surface area contributed by atoms with Gasteiger partial charge >= 0.3 is 0 Å². The number of carbonyl (C=O) groups is 1. The van der Waals surface area contributed by atoms with E-state index in [-0.39, 0.29) is 11.9 Å². The maximum absolute atomic E-state index is 12.2. The summed E-state index contributed by atoms with van der Waals surface area (Å²) in [7, 11) is 0. The number of rotatable bonds is 6. The Morgan fingerprint density at radius 2 is 2.33 bits per heavy atom. The van der Waals surface area contributed by atoms with E-state index in [1.54, 1.807) is 17.6 Å². The molecule has 24 heavy (non-hydrogen) atoms. The Labute approximate surface area is 145 Å². The van der Waals surface area contributed by atoms with Gasteiger partial charge in [-0.05, 0) is 50.3 Å². The highest BCUT2D eigenvalue weighted by molar-refractivity contribution is 7.16. The van der Waals surface area contributed by atoms with E-state index in [1.807, 2.05) is 12.1 Å². The molecular formula is C18H22N3O2S+. The van der Waals surface area contributed by atoms with Crippen LogP contribution in [0.4, 0.5) is 5.00 Å². The van der Waals surface area contributed by atoms with Crippen LogP contribution in [0.1, 0.15) is 54.0 Å². The van der Waals surface area contributed by atoms with E-state index in [4.69, 9.17) is 4.42 Å². The lowest BCUT2D eigenvalue weighted by Crippen LogP contribution is -2.84. The zero-order valence-electron chi connectivity index (χ0n) is 13.8. The van der Waals surface area contributed by atoms with Crippen molar-refractivity contribution in [2.75, 3.05) is 11.9 Å². The van der Waals surface area contributed by atoms with E-state index in [0.29, 0.717) is 18.5 Å². The van der Waals surface area contributed by atoms with Crippen LogP contribution in [0.3, 0.4) is 0 Å². The topological polar surface area (TPSA) is 82.6 Å². The van der Waals surface area contributed by atoms with Gasteiger partial charge in [0.1, 0.15) is 17.1 Å². The van der Waals surface area contributed by atoms with Crippen LogP contribution in [-0.4, -0.2) is 12.5 Å². The molecule has 0 aliphatic heterocycles. The molecule has 1 aliphatic carbocycles. The quantitative estimate of drug-likeness (QED) is 0.845. The van der Waals surface area contributed by atoms with E-state index >= 15 is 0 Å². The maximum Gasteiger partial charge on any atom is 0.230 e. The molecule has 0 saturated heterocycles.